The minimum atomic E-state index is -0.927. The molecule has 0 saturated carbocycles. The molecule has 1 aliphatic carbocycles. The summed E-state index contributed by atoms with van der Waals surface area (Å²) < 4.78 is 45.5. The van der Waals surface area contributed by atoms with Gasteiger partial charge < -0.3 is 37.6 Å². The number of ether oxygens (including phenoxy) is 7. The average molecular weight is 587 g/mol. The lowest BCUT2D eigenvalue weighted by molar-refractivity contribution is -0.141. The number of esters is 2. The molecule has 0 spiro atoms. The van der Waals surface area contributed by atoms with E-state index in [9.17, 15) is 14.4 Å². The maximum Gasteiger partial charge on any atom is 0.375 e. The van der Waals surface area contributed by atoms with Gasteiger partial charge in [-0.2, -0.15) is 0 Å². The molecule has 1 saturated heterocycles. The normalized spacial score (nSPS) is 21.5. The molecule has 1 fully saturated rings. The van der Waals surface area contributed by atoms with Crippen LogP contribution in [0.3, 0.4) is 0 Å². The van der Waals surface area contributed by atoms with Crippen molar-refractivity contribution in [2.45, 2.75) is 12.0 Å². The second-order valence-electron chi connectivity index (χ2n) is 10.4. The van der Waals surface area contributed by atoms with Crippen molar-refractivity contribution >= 4 is 22.9 Å². The average Bonchev–Trinajstić information content (AvgIpc) is 3.65. The number of fused-ring (bicyclic) bond motifs is 4. The van der Waals surface area contributed by atoms with Crippen LogP contribution >= 0.6 is 0 Å². The van der Waals surface area contributed by atoms with Crippen LogP contribution < -0.4 is 29.1 Å². The molecule has 0 amide bonds. The summed E-state index contributed by atoms with van der Waals surface area (Å²) in [4.78, 5) is 39.6. The van der Waals surface area contributed by atoms with E-state index < -0.39 is 35.8 Å². The molecule has 220 valence electrons. The molecule has 43 heavy (non-hydrogen) atoms. The fourth-order valence-electron chi connectivity index (χ4n) is 6.32. The Balaban J connectivity index is 1.37. The molecule has 4 unspecified atom stereocenters. The van der Waals surface area contributed by atoms with Crippen molar-refractivity contribution in [2.24, 2.45) is 11.8 Å². The smallest absolute Gasteiger partial charge is 0.375 e. The van der Waals surface area contributed by atoms with E-state index in [1.807, 2.05) is 0 Å². The van der Waals surface area contributed by atoms with Gasteiger partial charge in [0.15, 0.2) is 28.4 Å². The van der Waals surface area contributed by atoms with Crippen LogP contribution in [0.4, 0.5) is 0 Å². The summed E-state index contributed by atoms with van der Waals surface area (Å²) in [5.41, 5.74) is 1.87. The molecule has 4 aromatic rings. The Morgan fingerprint density at radius 3 is 2.23 bits per heavy atom. The first kappa shape index (κ1) is 26.7. The summed E-state index contributed by atoms with van der Waals surface area (Å²) >= 11 is 0. The highest BCUT2D eigenvalue weighted by Gasteiger charge is 2.54. The van der Waals surface area contributed by atoms with Crippen LogP contribution in [0.2, 0.25) is 0 Å². The monoisotopic (exact) mass is 586 g/mol. The third-order valence-electron chi connectivity index (χ3n) is 8.24. The van der Waals surface area contributed by atoms with E-state index in [1.54, 1.807) is 48.5 Å². The summed E-state index contributed by atoms with van der Waals surface area (Å²) in [7, 11) is 4.54. The van der Waals surface area contributed by atoms with Gasteiger partial charge in [0.05, 0.1) is 39.2 Å². The predicted octanol–water partition coefficient (Wildman–Crippen LogP) is 4.38. The van der Waals surface area contributed by atoms with Crippen molar-refractivity contribution in [3.63, 3.8) is 0 Å². The predicted molar refractivity (Wildman–Crippen MR) is 149 cm³/mol. The van der Waals surface area contributed by atoms with Gasteiger partial charge in [0.2, 0.25) is 18.3 Å². The van der Waals surface area contributed by atoms with Gasteiger partial charge in [-0.05, 0) is 47.5 Å². The molecule has 11 nitrogen and oxygen atoms in total. The maximum absolute atomic E-state index is 13.5. The molecule has 2 aliphatic heterocycles. The molecule has 1 aromatic heterocycles. The highest BCUT2D eigenvalue weighted by molar-refractivity contribution is 5.89. The van der Waals surface area contributed by atoms with Crippen LogP contribution in [-0.4, -0.2) is 46.7 Å². The number of para-hydroxylation sites is 1. The van der Waals surface area contributed by atoms with E-state index in [4.69, 9.17) is 37.6 Å². The fourth-order valence-corrected chi connectivity index (χ4v) is 6.32. The zero-order chi connectivity index (χ0) is 29.8. The van der Waals surface area contributed by atoms with Gasteiger partial charge in [-0.3, -0.25) is 9.59 Å². The summed E-state index contributed by atoms with van der Waals surface area (Å²) in [6, 6.07) is 14.9. The second kappa shape index (κ2) is 10.3. The van der Waals surface area contributed by atoms with E-state index in [0.717, 1.165) is 6.07 Å². The van der Waals surface area contributed by atoms with E-state index >= 15 is 0 Å². The lowest BCUT2D eigenvalue weighted by Gasteiger charge is -2.38. The zero-order valence-corrected chi connectivity index (χ0v) is 23.4. The molecule has 3 aromatic carbocycles. The molecule has 3 aliphatic rings. The lowest BCUT2D eigenvalue weighted by Crippen LogP contribution is -2.36. The SMILES string of the molecule is COc1cc(C2c3cc4c(cc3C(OC(=O)c3cc(=O)c5ccccc5o3)C3COC(=O)C23)OCO4)cc(OC)c1OC. The minimum absolute atomic E-state index is 0.0118. The van der Waals surface area contributed by atoms with Crippen LogP contribution in [-0.2, 0) is 14.3 Å². The Morgan fingerprint density at radius 2 is 1.53 bits per heavy atom. The largest absolute Gasteiger partial charge is 0.493 e. The molecular weight excluding hydrogens is 560 g/mol. The maximum atomic E-state index is 13.5. The van der Waals surface area contributed by atoms with Gasteiger partial charge in [0.1, 0.15) is 11.7 Å². The highest BCUT2D eigenvalue weighted by atomic mass is 16.7. The first-order valence-corrected chi connectivity index (χ1v) is 13.6. The van der Waals surface area contributed by atoms with Crippen LogP contribution in [0.5, 0.6) is 28.7 Å². The van der Waals surface area contributed by atoms with Crippen LogP contribution in [0.1, 0.15) is 39.3 Å². The Bertz CT molecular complexity index is 1820. The number of methoxy groups -OCH3 is 3. The van der Waals surface area contributed by atoms with Gasteiger partial charge in [-0.15, -0.1) is 0 Å². The summed E-state index contributed by atoms with van der Waals surface area (Å²) in [6.07, 6.45) is -0.927. The van der Waals surface area contributed by atoms with E-state index in [1.165, 1.54) is 21.3 Å². The summed E-state index contributed by atoms with van der Waals surface area (Å²) in [5, 5.41) is 0.345. The molecule has 7 rings (SSSR count). The first-order valence-electron chi connectivity index (χ1n) is 13.6. The molecular formula is C32H26O11. The molecule has 0 N–H and O–H groups in total. The van der Waals surface area contributed by atoms with E-state index in [2.05, 4.69) is 0 Å². The fraction of sp³-hybridized carbons (Fsp3) is 0.281. The minimum Gasteiger partial charge on any atom is -0.493 e. The Kier molecular flexibility index (Phi) is 6.37. The molecule has 11 heteroatoms. The molecule has 4 atom stereocenters. The Labute approximate surface area is 244 Å². The Hall–Kier alpha value is -5.19. The summed E-state index contributed by atoms with van der Waals surface area (Å²) in [6.45, 7) is 0.0343. The third kappa shape index (κ3) is 4.22. The van der Waals surface area contributed by atoms with Crippen molar-refractivity contribution in [1.29, 1.82) is 0 Å². The van der Waals surface area contributed by atoms with Crippen molar-refractivity contribution in [1.82, 2.24) is 0 Å². The van der Waals surface area contributed by atoms with Crippen LogP contribution in [0, 0.1) is 11.8 Å². The van der Waals surface area contributed by atoms with Gasteiger partial charge in [-0.25, -0.2) is 4.79 Å². The number of carbonyl (C=O) groups is 2. The number of hydrogen-bond acceptors (Lipinski definition) is 11. The number of cyclic esters (lactones) is 1. The quantitative estimate of drug-likeness (QED) is 0.299. The van der Waals surface area contributed by atoms with Crippen LogP contribution in [0.15, 0.2) is 63.8 Å². The van der Waals surface area contributed by atoms with Crippen molar-refractivity contribution in [3.8, 4) is 28.7 Å². The highest BCUT2D eigenvalue weighted by Crippen LogP contribution is 2.56. The number of carbonyl (C=O) groups excluding carboxylic acids is 2. The Morgan fingerprint density at radius 1 is 0.837 bits per heavy atom. The van der Waals surface area contributed by atoms with Gasteiger partial charge in [-0.1, -0.05) is 12.1 Å². The summed E-state index contributed by atoms with van der Waals surface area (Å²) in [5.74, 6) is -1.18. The van der Waals surface area contributed by atoms with Crippen molar-refractivity contribution in [3.05, 3.63) is 87.3 Å². The van der Waals surface area contributed by atoms with Gasteiger partial charge in [0, 0.05) is 23.5 Å². The topological polar surface area (TPSA) is 129 Å². The van der Waals surface area contributed by atoms with Crippen LogP contribution in [0.25, 0.3) is 11.0 Å². The first-order chi connectivity index (χ1) is 20.9. The molecule has 0 bridgehead atoms. The lowest BCUT2D eigenvalue weighted by atomic mass is 9.66. The second-order valence-corrected chi connectivity index (χ2v) is 10.4. The van der Waals surface area contributed by atoms with Gasteiger partial charge >= 0.3 is 11.9 Å². The van der Waals surface area contributed by atoms with Crippen molar-refractivity contribution in [2.75, 3.05) is 34.7 Å². The number of hydrogen-bond donors (Lipinski definition) is 0. The molecule has 3 heterocycles. The standard InChI is InChI=1S/C32H26O11/c1-36-24-8-15(9-25(37-2)30(24)38-3)27-17-10-22-23(41-14-40-22)11-18(17)29(19-13-39-32(35)28(19)27)43-31(34)26-12-20(33)16-6-4-5-7-21(16)42-26/h4-12,19,27-29H,13-14H2,1-3H3. The van der Waals surface area contributed by atoms with Gasteiger partial charge in [0.25, 0.3) is 0 Å². The number of benzene rings is 3. The third-order valence-corrected chi connectivity index (χ3v) is 8.24. The number of rotatable bonds is 6. The van der Waals surface area contributed by atoms with E-state index in [0.29, 0.717) is 50.8 Å². The zero-order valence-electron chi connectivity index (χ0n) is 23.4. The molecule has 0 radical (unpaired) electrons. The van der Waals surface area contributed by atoms with E-state index in [-0.39, 0.29) is 30.2 Å². The van der Waals surface area contributed by atoms with Crippen molar-refractivity contribution < 1.29 is 47.2 Å².